The topological polar surface area (TPSA) is 81.4 Å². The molecule has 0 aliphatic heterocycles. The van der Waals surface area contributed by atoms with Crippen molar-refractivity contribution in [3.05, 3.63) is 65.1 Å². The lowest BCUT2D eigenvalue weighted by atomic mass is 10.1. The molecule has 26 heavy (non-hydrogen) atoms. The minimum atomic E-state index is -0.519. The Balaban J connectivity index is 1.65. The summed E-state index contributed by atoms with van der Waals surface area (Å²) < 4.78 is 23.8. The Kier molecular flexibility index (Phi) is 5.23. The molecule has 0 radical (unpaired) electrons. The number of carbonyl (C=O) groups is 2. The fourth-order valence-electron chi connectivity index (χ4n) is 2.08. The predicted octanol–water partition coefficient (Wildman–Crippen LogP) is 3.98. The summed E-state index contributed by atoms with van der Waals surface area (Å²) in [4.78, 5) is 27.5. The lowest BCUT2D eigenvalue weighted by Crippen LogP contribution is -2.07. The van der Waals surface area contributed by atoms with Crippen LogP contribution in [0.15, 0.2) is 53.1 Å². The average Bonchev–Trinajstić information content (AvgIpc) is 3.29. The molecule has 0 aliphatic carbocycles. The van der Waals surface area contributed by atoms with E-state index in [2.05, 4.69) is 15.0 Å². The molecule has 0 saturated carbocycles. The van der Waals surface area contributed by atoms with Crippen LogP contribution in [0.5, 0.6) is 0 Å². The molecule has 0 aliphatic rings. The van der Waals surface area contributed by atoms with Crippen LogP contribution in [-0.4, -0.2) is 24.0 Å². The number of hydrogen-bond donors (Lipinski definition) is 1. The molecule has 8 heteroatoms. The van der Waals surface area contributed by atoms with Gasteiger partial charge in [0.05, 0.1) is 18.9 Å². The number of thiazole rings is 1. The molecule has 6 nitrogen and oxygen atoms in total. The molecule has 3 aromatic rings. The smallest absolute Gasteiger partial charge is 0.349 e. The highest BCUT2D eigenvalue weighted by Crippen LogP contribution is 2.25. The molecular weight excluding hydrogens is 359 g/mol. The van der Waals surface area contributed by atoms with Crippen LogP contribution in [0.4, 0.5) is 9.52 Å². The molecular formula is C18H13FN2O4S. The number of esters is 1. The lowest BCUT2D eigenvalue weighted by molar-refractivity contribution is -0.111. The van der Waals surface area contributed by atoms with Gasteiger partial charge in [-0.1, -0.05) is 23.5 Å². The van der Waals surface area contributed by atoms with Crippen LogP contribution in [0.25, 0.3) is 17.4 Å². The number of anilines is 1. The second kappa shape index (κ2) is 7.75. The van der Waals surface area contributed by atoms with Gasteiger partial charge >= 0.3 is 5.97 Å². The van der Waals surface area contributed by atoms with Gasteiger partial charge in [-0.3, -0.25) is 10.1 Å². The van der Waals surface area contributed by atoms with Crippen LogP contribution < -0.4 is 5.32 Å². The summed E-state index contributed by atoms with van der Waals surface area (Å²) in [5.41, 5.74) is 0.342. The van der Waals surface area contributed by atoms with Crippen LogP contribution >= 0.6 is 11.3 Å². The molecule has 0 spiro atoms. The maximum absolute atomic E-state index is 13.7. The Hall–Kier alpha value is -3.26. The molecule has 0 saturated heterocycles. The fraction of sp³-hybridized carbons (Fsp3) is 0.0556. The van der Waals surface area contributed by atoms with E-state index >= 15 is 0 Å². The summed E-state index contributed by atoms with van der Waals surface area (Å²) in [6.07, 6.45) is 4.03. The molecule has 1 N–H and O–H groups in total. The third kappa shape index (κ3) is 4.04. The first kappa shape index (κ1) is 17.6. The lowest BCUT2D eigenvalue weighted by Gasteiger charge is -1.98. The van der Waals surface area contributed by atoms with Crippen molar-refractivity contribution in [2.75, 3.05) is 12.4 Å². The average molecular weight is 372 g/mol. The number of nitrogens with one attached hydrogen (secondary N) is 1. The van der Waals surface area contributed by atoms with Gasteiger partial charge < -0.3 is 9.15 Å². The summed E-state index contributed by atoms with van der Waals surface area (Å²) in [5, 5.41) is 2.80. The zero-order valence-corrected chi connectivity index (χ0v) is 14.4. The van der Waals surface area contributed by atoms with Gasteiger partial charge in [-0.25, -0.2) is 14.2 Å². The van der Waals surface area contributed by atoms with Gasteiger partial charge in [-0.05, 0) is 30.3 Å². The van der Waals surface area contributed by atoms with Gasteiger partial charge in [0.2, 0.25) is 5.91 Å². The van der Waals surface area contributed by atoms with E-state index in [0.717, 1.165) is 11.3 Å². The highest BCUT2D eigenvalue weighted by molar-refractivity contribution is 7.17. The van der Waals surface area contributed by atoms with Crippen molar-refractivity contribution < 1.29 is 23.1 Å². The molecule has 2 heterocycles. The van der Waals surface area contributed by atoms with Crippen molar-refractivity contribution in [2.24, 2.45) is 0 Å². The van der Waals surface area contributed by atoms with Crippen molar-refractivity contribution in [3.63, 3.8) is 0 Å². The Morgan fingerprint density at radius 1 is 1.27 bits per heavy atom. The van der Waals surface area contributed by atoms with Crippen LogP contribution in [0.1, 0.15) is 15.4 Å². The Morgan fingerprint density at radius 2 is 2.08 bits per heavy atom. The van der Waals surface area contributed by atoms with Gasteiger partial charge in [-0.2, -0.15) is 0 Å². The summed E-state index contributed by atoms with van der Waals surface area (Å²) in [7, 11) is 1.27. The van der Waals surface area contributed by atoms with Crippen LogP contribution in [0.2, 0.25) is 0 Å². The molecule has 132 valence electrons. The molecule has 0 atom stereocenters. The maximum Gasteiger partial charge on any atom is 0.349 e. The SMILES string of the molecule is COC(=O)c1cnc(NC(=O)/C=C/c2ccc(-c3ccccc3F)o2)s1. The van der Waals surface area contributed by atoms with Crippen molar-refractivity contribution in [2.45, 2.75) is 0 Å². The monoisotopic (exact) mass is 372 g/mol. The van der Waals surface area contributed by atoms with Crippen molar-refractivity contribution in [1.82, 2.24) is 4.98 Å². The highest BCUT2D eigenvalue weighted by atomic mass is 32.1. The second-order valence-corrected chi connectivity index (χ2v) is 6.06. The summed E-state index contributed by atoms with van der Waals surface area (Å²) >= 11 is 1.00. The number of methoxy groups -OCH3 is 1. The Bertz CT molecular complexity index is 977. The molecule has 3 rings (SSSR count). The first-order valence-electron chi connectivity index (χ1n) is 7.45. The number of ether oxygens (including phenoxy) is 1. The minimum Gasteiger partial charge on any atom is -0.465 e. The number of furan rings is 1. The number of aromatic nitrogens is 1. The van der Waals surface area contributed by atoms with E-state index < -0.39 is 11.9 Å². The number of rotatable bonds is 5. The van der Waals surface area contributed by atoms with Gasteiger partial charge in [0.15, 0.2) is 5.13 Å². The number of halogens is 1. The zero-order chi connectivity index (χ0) is 18.5. The third-order valence-corrected chi connectivity index (χ3v) is 4.18. The quantitative estimate of drug-likeness (QED) is 0.541. The molecule has 0 fully saturated rings. The summed E-state index contributed by atoms with van der Waals surface area (Å²) in [6.45, 7) is 0. The van der Waals surface area contributed by atoms with E-state index in [0.29, 0.717) is 17.1 Å². The number of carbonyl (C=O) groups excluding carboxylic acids is 2. The molecule has 1 amide bonds. The number of nitrogens with zero attached hydrogens (tertiary/aromatic N) is 1. The van der Waals surface area contributed by atoms with Gasteiger partial charge in [0, 0.05) is 6.08 Å². The molecule has 0 unspecified atom stereocenters. The highest BCUT2D eigenvalue weighted by Gasteiger charge is 2.12. The predicted molar refractivity (Wildman–Crippen MR) is 95.2 cm³/mol. The van der Waals surface area contributed by atoms with Crippen LogP contribution in [0, 0.1) is 5.82 Å². The standard InChI is InChI=1S/C18H13FN2O4S/c1-24-17(23)15-10-20-18(26-15)21-16(22)9-7-11-6-8-14(25-11)12-4-2-3-5-13(12)19/h2-10H,1H3,(H,20,21,22)/b9-7+. The van der Waals surface area contributed by atoms with E-state index in [1.165, 1.54) is 31.5 Å². The van der Waals surface area contributed by atoms with Gasteiger partial charge in [0.1, 0.15) is 22.2 Å². The molecule has 0 bridgehead atoms. The maximum atomic E-state index is 13.7. The molecule has 1 aromatic carbocycles. The number of amides is 1. The van der Waals surface area contributed by atoms with Crippen molar-refractivity contribution in [3.8, 4) is 11.3 Å². The van der Waals surface area contributed by atoms with Crippen molar-refractivity contribution in [1.29, 1.82) is 0 Å². The van der Waals surface area contributed by atoms with Crippen molar-refractivity contribution >= 4 is 34.4 Å². The van der Waals surface area contributed by atoms with E-state index in [9.17, 15) is 14.0 Å². The van der Waals surface area contributed by atoms with E-state index in [1.54, 1.807) is 30.3 Å². The number of hydrogen-bond acceptors (Lipinski definition) is 6. The zero-order valence-electron chi connectivity index (χ0n) is 13.6. The normalized spacial score (nSPS) is 10.8. The van der Waals surface area contributed by atoms with Gasteiger partial charge in [0.25, 0.3) is 0 Å². The summed E-state index contributed by atoms with van der Waals surface area (Å²) in [6, 6.07) is 9.51. The number of benzene rings is 1. The first-order chi connectivity index (χ1) is 12.6. The van der Waals surface area contributed by atoms with E-state index in [-0.39, 0.29) is 15.8 Å². The fourth-order valence-corrected chi connectivity index (χ4v) is 2.82. The third-order valence-electron chi connectivity index (χ3n) is 3.29. The van der Waals surface area contributed by atoms with E-state index in [1.807, 2.05) is 0 Å². The van der Waals surface area contributed by atoms with Crippen LogP contribution in [-0.2, 0) is 9.53 Å². The summed E-state index contributed by atoms with van der Waals surface area (Å²) in [5.74, 6) is -0.590. The van der Waals surface area contributed by atoms with E-state index in [4.69, 9.17) is 4.42 Å². The van der Waals surface area contributed by atoms with Crippen LogP contribution in [0.3, 0.4) is 0 Å². The minimum absolute atomic E-state index is 0.270. The molecule has 2 aromatic heterocycles. The van der Waals surface area contributed by atoms with Gasteiger partial charge in [-0.15, -0.1) is 0 Å². The Morgan fingerprint density at radius 3 is 2.85 bits per heavy atom. The Labute approximate surface area is 151 Å². The first-order valence-corrected chi connectivity index (χ1v) is 8.26. The largest absolute Gasteiger partial charge is 0.465 e. The second-order valence-electron chi connectivity index (χ2n) is 5.03.